The van der Waals surface area contributed by atoms with Crippen LogP contribution in [0.3, 0.4) is 0 Å². The number of aliphatic carboxylic acids is 1. The van der Waals surface area contributed by atoms with Gasteiger partial charge >= 0.3 is 5.97 Å². The number of hydrogen-bond donors (Lipinski definition) is 1. The summed E-state index contributed by atoms with van der Waals surface area (Å²) in [6, 6.07) is -0.247. The number of hydrogen-bond acceptors (Lipinski definition) is 2. The molecule has 0 aromatic heterocycles. The fourth-order valence-corrected chi connectivity index (χ4v) is 2.07. The first kappa shape index (κ1) is 11.5. The number of carbonyl (C=O) groups is 1. The van der Waals surface area contributed by atoms with Crippen LogP contribution in [0, 0.1) is 5.41 Å². The molecule has 3 nitrogen and oxygen atoms in total. The van der Waals surface area contributed by atoms with Gasteiger partial charge in [0.25, 0.3) is 0 Å². The van der Waals surface area contributed by atoms with E-state index in [0.29, 0.717) is 0 Å². The molecule has 0 amide bonds. The van der Waals surface area contributed by atoms with Crippen molar-refractivity contribution in [1.29, 1.82) is 0 Å². The smallest absolute Gasteiger partial charge is 0.320 e. The summed E-state index contributed by atoms with van der Waals surface area (Å²) in [6.45, 7) is 8.28. The second-order valence-electron chi connectivity index (χ2n) is 5.38. The Kier molecular flexibility index (Phi) is 3.53. The lowest BCUT2D eigenvalue weighted by Crippen LogP contribution is -2.47. The summed E-state index contributed by atoms with van der Waals surface area (Å²) in [5.41, 5.74) is 0.186. The van der Waals surface area contributed by atoms with Gasteiger partial charge in [-0.2, -0.15) is 0 Å². The minimum atomic E-state index is -0.658. The number of nitrogens with zero attached hydrogens (tertiary/aromatic N) is 1. The maximum absolute atomic E-state index is 11.0. The van der Waals surface area contributed by atoms with Crippen LogP contribution in [0.15, 0.2) is 0 Å². The summed E-state index contributed by atoms with van der Waals surface area (Å²) in [5.74, 6) is -0.658. The van der Waals surface area contributed by atoms with Gasteiger partial charge in [-0.15, -0.1) is 0 Å². The van der Waals surface area contributed by atoms with Gasteiger partial charge in [-0.05, 0) is 24.8 Å². The molecule has 0 radical (unpaired) electrons. The molecule has 1 N–H and O–H groups in total. The van der Waals surface area contributed by atoms with E-state index in [-0.39, 0.29) is 11.5 Å². The van der Waals surface area contributed by atoms with Crippen LogP contribution in [0.4, 0.5) is 0 Å². The number of rotatable bonds is 2. The fraction of sp³-hybridized carbons (Fsp3) is 0.909. The van der Waals surface area contributed by atoms with Crippen LogP contribution in [0.1, 0.15) is 40.0 Å². The highest BCUT2D eigenvalue weighted by atomic mass is 16.4. The summed E-state index contributed by atoms with van der Waals surface area (Å²) in [5, 5.41) is 9.06. The third-order valence-electron chi connectivity index (χ3n) is 2.58. The lowest BCUT2D eigenvalue weighted by Gasteiger charge is -2.37. The van der Waals surface area contributed by atoms with Crippen molar-refractivity contribution < 1.29 is 9.90 Å². The quantitative estimate of drug-likeness (QED) is 0.739. The Balaban J connectivity index is 2.59. The first-order valence-electron chi connectivity index (χ1n) is 5.37. The van der Waals surface area contributed by atoms with Crippen LogP contribution in [0.2, 0.25) is 0 Å². The Hall–Kier alpha value is -0.570. The second kappa shape index (κ2) is 4.30. The standard InChI is InChI=1S/C11H21NO2/c1-11(2,3)8-12-7-5-4-6-9(12)10(13)14/h9H,4-8H2,1-3H3,(H,13,14)/t9-/m0/s1. The number of likely N-dealkylation sites (tertiary alicyclic amines) is 1. The van der Waals surface area contributed by atoms with Gasteiger partial charge in [-0.1, -0.05) is 27.2 Å². The van der Waals surface area contributed by atoms with Crippen molar-refractivity contribution in [2.75, 3.05) is 13.1 Å². The van der Waals surface area contributed by atoms with E-state index in [4.69, 9.17) is 5.11 Å². The summed E-state index contributed by atoms with van der Waals surface area (Å²) < 4.78 is 0. The van der Waals surface area contributed by atoms with Crippen molar-refractivity contribution in [3.63, 3.8) is 0 Å². The third-order valence-corrected chi connectivity index (χ3v) is 2.58. The predicted octanol–water partition coefficient (Wildman–Crippen LogP) is 1.97. The fourth-order valence-electron chi connectivity index (χ4n) is 2.07. The SMILES string of the molecule is CC(C)(C)CN1CCCC[C@H]1C(=O)O. The Bertz CT molecular complexity index is 208. The van der Waals surface area contributed by atoms with E-state index >= 15 is 0 Å². The van der Waals surface area contributed by atoms with Crippen molar-refractivity contribution in [2.45, 2.75) is 46.1 Å². The van der Waals surface area contributed by atoms with Crippen LogP contribution in [-0.2, 0) is 4.79 Å². The molecule has 14 heavy (non-hydrogen) atoms. The number of carboxylic acid groups (broad SMARTS) is 1. The molecule has 0 aromatic rings. The molecule has 0 spiro atoms. The van der Waals surface area contributed by atoms with Crippen LogP contribution < -0.4 is 0 Å². The molecule has 1 atom stereocenters. The Morgan fingerprint density at radius 1 is 1.43 bits per heavy atom. The van der Waals surface area contributed by atoms with Crippen molar-refractivity contribution in [2.24, 2.45) is 5.41 Å². The van der Waals surface area contributed by atoms with Gasteiger partial charge in [0.15, 0.2) is 0 Å². The normalized spacial score (nSPS) is 24.9. The van der Waals surface area contributed by atoms with Crippen LogP contribution in [-0.4, -0.2) is 35.1 Å². The summed E-state index contributed by atoms with van der Waals surface area (Å²) in [6.07, 6.45) is 3.00. The maximum atomic E-state index is 11.0. The van der Waals surface area contributed by atoms with Gasteiger partial charge in [0.1, 0.15) is 6.04 Å². The Labute approximate surface area is 86.1 Å². The predicted molar refractivity (Wildman–Crippen MR) is 56.3 cm³/mol. The average molecular weight is 199 g/mol. The summed E-state index contributed by atoms with van der Waals surface area (Å²) in [4.78, 5) is 13.1. The van der Waals surface area contributed by atoms with E-state index in [1.165, 1.54) is 0 Å². The zero-order chi connectivity index (χ0) is 10.8. The van der Waals surface area contributed by atoms with Gasteiger partial charge in [0.05, 0.1) is 0 Å². The molecule has 0 unspecified atom stereocenters. The number of carboxylic acids is 1. The molecule has 82 valence electrons. The molecular weight excluding hydrogens is 178 g/mol. The van der Waals surface area contributed by atoms with Crippen LogP contribution >= 0.6 is 0 Å². The molecular formula is C11H21NO2. The van der Waals surface area contributed by atoms with E-state index in [0.717, 1.165) is 32.4 Å². The van der Waals surface area contributed by atoms with E-state index in [2.05, 4.69) is 25.7 Å². The zero-order valence-corrected chi connectivity index (χ0v) is 9.42. The molecule has 0 saturated carbocycles. The third kappa shape index (κ3) is 3.29. The van der Waals surface area contributed by atoms with Gasteiger partial charge in [-0.25, -0.2) is 0 Å². The molecule has 3 heteroatoms. The summed E-state index contributed by atoms with van der Waals surface area (Å²) in [7, 11) is 0. The van der Waals surface area contributed by atoms with Crippen molar-refractivity contribution in [3.8, 4) is 0 Å². The van der Waals surface area contributed by atoms with Gasteiger partial charge in [0.2, 0.25) is 0 Å². The molecule has 1 aliphatic heterocycles. The monoisotopic (exact) mass is 199 g/mol. The topological polar surface area (TPSA) is 40.5 Å². The molecule has 1 rings (SSSR count). The molecule has 0 aliphatic carbocycles. The Morgan fingerprint density at radius 2 is 2.07 bits per heavy atom. The first-order chi connectivity index (χ1) is 6.40. The van der Waals surface area contributed by atoms with Gasteiger partial charge < -0.3 is 5.11 Å². The number of piperidine rings is 1. The molecule has 1 saturated heterocycles. The van der Waals surface area contributed by atoms with E-state index < -0.39 is 5.97 Å². The molecule has 1 heterocycles. The largest absolute Gasteiger partial charge is 0.480 e. The average Bonchev–Trinajstić information content (AvgIpc) is 2.01. The molecule has 1 fully saturated rings. The lowest BCUT2D eigenvalue weighted by molar-refractivity contribution is -0.145. The van der Waals surface area contributed by atoms with E-state index in [1.807, 2.05) is 0 Å². The highest BCUT2D eigenvalue weighted by Gasteiger charge is 2.30. The molecule has 0 bridgehead atoms. The van der Waals surface area contributed by atoms with Gasteiger partial charge in [-0.3, -0.25) is 9.69 Å². The van der Waals surface area contributed by atoms with E-state index in [9.17, 15) is 4.79 Å². The van der Waals surface area contributed by atoms with Crippen molar-refractivity contribution >= 4 is 5.97 Å². The second-order valence-corrected chi connectivity index (χ2v) is 5.38. The van der Waals surface area contributed by atoms with Gasteiger partial charge in [0, 0.05) is 6.54 Å². The molecule has 1 aliphatic rings. The zero-order valence-electron chi connectivity index (χ0n) is 9.42. The van der Waals surface area contributed by atoms with Crippen LogP contribution in [0.25, 0.3) is 0 Å². The van der Waals surface area contributed by atoms with E-state index in [1.54, 1.807) is 0 Å². The summed E-state index contributed by atoms with van der Waals surface area (Å²) >= 11 is 0. The highest BCUT2D eigenvalue weighted by Crippen LogP contribution is 2.23. The maximum Gasteiger partial charge on any atom is 0.320 e. The minimum Gasteiger partial charge on any atom is -0.480 e. The minimum absolute atomic E-state index is 0.186. The van der Waals surface area contributed by atoms with Crippen molar-refractivity contribution in [3.05, 3.63) is 0 Å². The first-order valence-corrected chi connectivity index (χ1v) is 5.37. The van der Waals surface area contributed by atoms with Crippen LogP contribution in [0.5, 0.6) is 0 Å². The van der Waals surface area contributed by atoms with Crippen molar-refractivity contribution in [1.82, 2.24) is 4.90 Å². The molecule has 0 aromatic carbocycles. The Morgan fingerprint density at radius 3 is 2.57 bits per heavy atom. The highest BCUT2D eigenvalue weighted by molar-refractivity contribution is 5.73. The lowest BCUT2D eigenvalue weighted by atomic mass is 9.92.